The van der Waals surface area contributed by atoms with Crippen LogP contribution in [-0.2, 0) is 0 Å². The van der Waals surface area contributed by atoms with E-state index in [1.807, 2.05) is 0 Å². The van der Waals surface area contributed by atoms with Crippen molar-refractivity contribution < 1.29 is 0 Å². The van der Waals surface area contributed by atoms with Crippen molar-refractivity contribution in [1.29, 1.82) is 0 Å². The minimum atomic E-state index is -0.363. The van der Waals surface area contributed by atoms with E-state index in [-0.39, 0.29) is 7.92 Å². The van der Waals surface area contributed by atoms with E-state index in [2.05, 4.69) is 98.7 Å². The summed E-state index contributed by atoms with van der Waals surface area (Å²) in [5.74, 6) is 1.38. The van der Waals surface area contributed by atoms with Gasteiger partial charge in [-0.1, -0.05) is 60.7 Å². The lowest BCUT2D eigenvalue weighted by molar-refractivity contribution is 0.661. The average Bonchev–Trinajstić information content (AvgIpc) is 3.12. The molecule has 0 heterocycles. The van der Waals surface area contributed by atoms with E-state index < -0.39 is 0 Å². The molecule has 0 aliphatic heterocycles. The van der Waals surface area contributed by atoms with Gasteiger partial charge in [-0.25, -0.2) is 0 Å². The summed E-state index contributed by atoms with van der Waals surface area (Å²) < 4.78 is 0. The number of benzene rings is 2. The van der Waals surface area contributed by atoms with Crippen LogP contribution in [0.1, 0.15) is 0 Å². The highest BCUT2D eigenvalue weighted by Gasteiger charge is 2.28. The summed E-state index contributed by atoms with van der Waals surface area (Å²) in [5.41, 5.74) is 0. The van der Waals surface area contributed by atoms with Crippen LogP contribution in [0.15, 0.2) is 60.7 Å². The van der Waals surface area contributed by atoms with Crippen LogP contribution in [0.4, 0.5) is 0 Å². The summed E-state index contributed by atoms with van der Waals surface area (Å²) in [6.07, 6.45) is 9.78. The smallest absolute Gasteiger partial charge is 0.0178 e. The first-order chi connectivity index (χ1) is 10.9. The fourth-order valence-electron chi connectivity index (χ4n) is 2.74. The fraction of sp³-hybridized carbons (Fsp3) is 0.150. The van der Waals surface area contributed by atoms with E-state index in [9.17, 15) is 0 Å². The second-order valence-corrected chi connectivity index (χ2v) is 7.60. The highest BCUT2D eigenvalue weighted by Crippen LogP contribution is 2.38. The molecule has 1 saturated carbocycles. The van der Waals surface area contributed by atoms with Crippen LogP contribution in [0.25, 0.3) is 0 Å². The van der Waals surface area contributed by atoms with Crippen LogP contribution in [0.2, 0.25) is 0 Å². The minimum absolute atomic E-state index is 0.363. The zero-order chi connectivity index (χ0) is 15.2. The van der Waals surface area contributed by atoms with E-state index in [4.69, 9.17) is 0 Å². The van der Waals surface area contributed by atoms with Gasteiger partial charge < -0.3 is 5.32 Å². The molecule has 2 heteroatoms. The van der Waals surface area contributed by atoms with Crippen molar-refractivity contribution in [3.05, 3.63) is 92.3 Å². The highest BCUT2D eigenvalue weighted by molar-refractivity contribution is 7.73. The van der Waals surface area contributed by atoms with Gasteiger partial charge in [0, 0.05) is 12.0 Å². The largest absolute Gasteiger partial charge is 0.316 e. The van der Waals surface area contributed by atoms with Crippen LogP contribution < -0.4 is 15.9 Å². The molecule has 3 rings (SSSR count). The van der Waals surface area contributed by atoms with Crippen molar-refractivity contribution in [2.75, 3.05) is 13.2 Å². The number of hydrogen-bond acceptors (Lipinski definition) is 1. The van der Waals surface area contributed by atoms with Gasteiger partial charge in [-0.2, -0.15) is 0 Å². The lowest BCUT2D eigenvalue weighted by atomic mass is 10.00. The molecule has 1 nitrogen and oxygen atoms in total. The number of rotatable bonds is 6. The molecule has 5 radical (unpaired) electrons. The van der Waals surface area contributed by atoms with Crippen molar-refractivity contribution in [3.8, 4) is 0 Å². The van der Waals surface area contributed by atoms with Gasteiger partial charge in [-0.05, 0) is 57.4 Å². The van der Waals surface area contributed by atoms with E-state index in [0.29, 0.717) is 6.04 Å². The molecule has 111 valence electrons. The molecule has 22 heavy (non-hydrogen) atoms. The third-order valence-electron chi connectivity index (χ3n) is 3.94. The van der Waals surface area contributed by atoms with Gasteiger partial charge in [-0.3, -0.25) is 0 Å². The van der Waals surface area contributed by atoms with Crippen LogP contribution in [0.5, 0.6) is 0 Å². The molecule has 0 aromatic heterocycles. The Kier molecular flexibility index (Phi) is 5.64. The molecule has 0 unspecified atom stereocenters. The molecule has 1 N–H and O–H groups in total. The van der Waals surface area contributed by atoms with Gasteiger partial charge >= 0.3 is 0 Å². The predicted octanol–water partition coefficient (Wildman–Crippen LogP) is 3.11. The monoisotopic (exact) mass is 306 g/mol. The summed E-state index contributed by atoms with van der Waals surface area (Å²) in [6.45, 7) is 0. The van der Waals surface area contributed by atoms with Gasteiger partial charge in [0.2, 0.25) is 0 Å². The zero-order valence-corrected chi connectivity index (χ0v) is 13.7. The maximum atomic E-state index is 3.49. The third kappa shape index (κ3) is 3.77. The van der Waals surface area contributed by atoms with Crippen LogP contribution in [-0.4, -0.2) is 19.3 Å². The topological polar surface area (TPSA) is 12.0 Å². The van der Waals surface area contributed by atoms with Crippen molar-refractivity contribution >= 4 is 18.5 Å². The normalized spacial score (nSPS) is 17.0. The molecule has 0 bridgehead atoms. The summed E-state index contributed by atoms with van der Waals surface area (Å²) >= 11 is 0. The molecular formula is C20H21NP. The second kappa shape index (κ2) is 7.90. The molecule has 1 aliphatic rings. The van der Waals surface area contributed by atoms with Crippen LogP contribution >= 0.6 is 7.92 Å². The molecular weight excluding hydrogens is 285 g/mol. The number of nitrogens with one attached hydrogen (secondary N) is 1. The fourth-order valence-corrected chi connectivity index (χ4v) is 5.29. The Bertz CT molecular complexity index is 509. The van der Waals surface area contributed by atoms with Gasteiger partial charge in [0.25, 0.3) is 0 Å². The van der Waals surface area contributed by atoms with Crippen molar-refractivity contribution in [2.24, 2.45) is 0 Å². The summed E-state index contributed by atoms with van der Waals surface area (Å²) in [4.78, 5) is 0. The highest BCUT2D eigenvalue weighted by atomic mass is 31.1. The Hall–Kier alpha value is -1.17. The van der Waals surface area contributed by atoms with Crippen LogP contribution in [0.3, 0.4) is 0 Å². The maximum Gasteiger partial charge on any atom is 0.0178 e. The van der Waals surface area contributed by atoms with Crippen molar-refractivity contribution in [2.45, 2.75) is 6.04 Å². The maximum absolute atomic E-state index is 3.49. The Balaban J connectivity index is 1.85. The third-order valence-corrected chi connectivity index (χ3v) is 6.51. The molecule has 2 aromatic carbocycles. The molecule has 1 aliphatic carbocycles. The van der Waals surface area contributed by atoms with Gasteiger partial charge in [0.1, 0.15) is 0 Å². The number of hydrogen-bond donors (Lipinski definition) is 1. The lowest BCUT2D eigenvalue weighted by Gasteiger charge is -2.28. The molecule has 1 fully saturated rings. The Morgan fingerprint density at radius 2 is 1.32 bits per heavy atom. The molecule has 0 saturated heterocycles. The summed E-state index contributed by atoms with van der Waals surface area (Å²) in [6, 6.07) is 22.2. The SMILES string of the molecule is CN[C@@H](CP(c1ccccc1)c1ccccc1)[C]1[CH][CH][CH][CH]1. The Morgan fingerprint density at radius 1 is 0.818 bits per heavy atom. The van der Waals surface area contributed by atoms with E-state index in [0.717, 1.165) is 6.16 Å². The first-order valence-corrected chi connectivity index (χ1v) is 9.17. The summed E-state index contributed by atoms with van der Waals surface area (Å²) in [5, 5.41) is 6.37. The van der Waals surface area contributed by atoms with Crippen LogP contribution in [0, 0.1) is 31.6 Å². The first-order valence-electron chi connectivity index (χ1n) is 7.65. The molecule has 0 spiro atoms. The zero-order valence-electron chi connectivity index (χ0n) is 12.8. The molecule has 0 amide bonds. The van der Waals surface area contributed by atoms with Gasteiger partial charge in [0.05, 0.1) is 0 Å². The quantitative estimate of drug-likeness (QED) is 0.809. The minimum Gasteiger partial charge on any atom is -0.316 e. The average molecular weight is 306 g/mol. The van der Waals surface area contributed by atoms with E-state index >= 15 is 0 Å². The Labute approximate surface area is 135 Å². The van der Waals surface area contributed by atoms with Gasteiger partial charge in [0.15, 0.2) is 0 Å². The lowest BCUT2D eigenvalue weighted by Crippen LogP contribution is -2.36. The standard InChI is InChI=1S/C20H21NP/c1-21-20(17-10-8-9-11-17)16-22(18-12-4-2-5-13-18)19-14-6-3-7-15-19/h2-15,20-21H,16H2,1H3/t20-/m0/s1. The first kappa shape index (κ1) is 15.7. The Morgan fingerprint density at radius 3 is 1.77 bits per heavy atom. The summed E-state index contributed by atoms with van der Waals surface area (Å²) in [7, 11) is 1.69. The predicted molar refractivity (Wildman–Crippen MR) is 97.2 cm³/mol. The molecule has 1 atom stereocenters. The van der Waals surface area contributed by atoms with E-state index in [1.165, 1.54) is 16.5 Å². The van der Waals surface area contributed by atoms with Gasteiger partial charge in [-0.15, -0.1) is 0 Å². The van der Waals surface area contributed by atoms with Crippen molar-refractivity contribution in [3.63, 3.8) is 0 Å². The van der Waals surface area contributed by atoms with Crippen molar-refractivity contribution in [1.82, 2.24) is 5.32 Å². The molecule has 2 aromatic rings. The van der Waals surface area contributed by atoms with E-state index in [1.54, 1.807) is 0 Å². The second-order valence-electron chi connectivity index (χ2n) is 5.34.